The Hall–Kier alpha value is -4.85. The van der Waals surface area contributed by atoms with Gasteiger partial charge in [-0.25, -0.2) is 9.69 Å². The molecule has 4 amide bonds. The molecule has 0 unspecified atom stereocenters. The predicted molar refractivity (Wildman–Crippen MR) is 144 cm³/mol. The molecule has 1 fully saturated rings. The van der Waals surface area contributed by atoms with Crippen molar-refractivity contribution in [3.63, 3.8) is 0 Å². The summed E-state index contributed by atoms with van der Waals surface area (Å²) in [4.78, 5) is 39.4. The van der Waals surface area contributed by atoms with Gasteiger partial charge in [0.15, 0.2) is 11.5 Å². The van der Waals surface area contributed by atoms with E-state index in [4.69, 9.17) is 14.2 Å². The summed E-state index contributed by atoms with van der Waals surface area (Å²) in [5, 5.41) is 2.23. The molecule has 8 heteroatoms. The van der Waals surface area contributed by atoms with E-state index >= 15 is 0 Å². The molecule has 4 rings (SSSR count). The lowest BCUT2D eigenvalue weighted by molar-refractivity contribution is -0.122. The van der Waals surface area contributed by atoms with Crippen LogP contribution in [0.2, 0.25) is 0 Å². The van der Waals surface area contributed by atoms with E-state index in [0.29, 0.717) is 41.5 Å². The molecule has 0 radical (unpaired) electrons. The molecular formula is C30H28N2O6. The molecule has 3 aromatic carbocycles. The molecule has 1 saturated heterocycles. The van der Waals surface area contributed by atoms with E-state index in [9.17, 15) is 14.4 Å². The van der Waals surface area contributed by atoms with Gasteiger partial charge >= 0.3 is 6.03 Å². The van der Waals surface area contributed by atoms with Crippen molar-refractivity contribution in [1.29, 1.82) is 0 Å². The molecule has 0 spiro atoms. The smallest absolute Gasteiger partial charge is 0.335 e. The number of carbonyl (C=O) groups excluding carboxylic acids is 3. The van der Waals surface area contributed by atoms with Gasteiger partial charge in [0.05, 0.1) is 19.9 Å². The number of anilines is 1. The highest BCUT2D eigenvalue weighted by Crippen LogP contribution is 2.35. The van der Waals surface area contributed by atoms with E-state index < -0.39 is 17.8 Å². The van der Waals surface area contributed by atoms with Crippen LogP contribution < -0.4 is 24.4 Å². The van der Waals surface area contributed by atoms with E-state index in [1.54, 1.807) is 42.5 Å². The largest absolute Gasteiger partial charge is 0.497 e. The first-order valence-electron chi connectivity index (χ1n) is 11.9. The van der Waals surface area contributed by atoms with Crippen LogP contribution in [0.4, 0.5) is 10.5 Å². The maximum absolute atomic E-state index is 13.3. The van der Waals surface area contributed by atoms with Crippen LogP contribution in [0, 0.1) is 6.92 Å². The molecule has 1 N–H and O–H groups in total. The third kappa shape index (κ3) is 5.59. The van der Waals surface area contributed by atoms with Crippen LogP contribution in [0.3, 0.4) is 0 Å². The molecule has 0 aliphatic carbocycles. The number of carbonyl (C=O) groups is 3. The first kappa shape index (κ1) is 26.2. The Morgan fingerprint density at radius 1 is 0.947 bits per heavy atom. The Labute approximate surface area is 221 Å². The number of nitrogens with zero attached hydrogens (tertiary/aromatic N) is 1. The number of imide groups is 2. The summed E-state index contributed by atoms with van der Waals surface area (Å²) in [5.41, 5.74) is 3.57. The highest BCUT2D eigenvalue weighted by molar-refractivity contribution is 6.39. The molecule has 0 aromatic heterocycles. The minimum absolute atomic E-state index is 0.194. The number of hydrogen-bond donors (Lipinski definition) is 1. The number of rotatable bonds is 9. The Morgan fingerprint density at radius 3 is 2.29 bits per heavy atom. The fourth-order valence-electron chi connectivity index (χ4n) is 4.02. The zero-order chi connectivity index (χ0) is 27.2. The maximum atomic E-state index is 13.3. The Balaban J connectivity index is 1.68. The maximum Gasteiger partial charge on any atom is 0.335 e. The second kappa shape index (κ2) is 11.5. The number of hydrogen-bond acceptors (Lipinski definition) is 6. The van der Waals surface area contributed by atoms with Crippen molar-refractivity contribution < 1.29 is 28.6 Å². The van der Waals surface area contributed by atoms with Crippen LogP contribution in [0.25, 0.3) is 6.08 Å². The molecular weight excluding hydrogens is 484 g/mol. The van der Waals surface area contributed by atoms with Crippen LogP contribution in [0.15, 0.2) is 78.9 Å². The third-order valence-electron chi connectivity index (χ3n) is 5.99. The summed E-state index contributed by atoms with van der Waals surface area (Å²) >= 11 is 0. The number of urea groups is 1. The van der Waals surface area contributed by atoms with Crippen molar-refractivity contribution >= 4 is 29.6 Å². The molecule has 1 aliphatic heterocycles. The van der Waals surface area contributed by atoms with E-state index in [2.05, 4.69) is 11.9 Å². The third-order valence-corrected chi connectivity index (χ3v) is 5.99. The minimum Gasteiger partial charge on any atom is -0.497 e. The van der Waals surface area contributed by atoms with Gasteiger partial charge in [0.2, 0.25) is 0 Å². The number of nitrogens with one attached hydrogen (secondary N) is 1. The normalized spacial score (nSPS) is 14.3. The summed E-state index contributed by atoms with van der Waals surface area (Å²) in [6.45, 7) is 6.19. The number of benzene rings is 3. The lowest BCUT2D eigenvalue weighted by Gasteiger charge is -2.26. The summed E-state index contributed by atoms with van der Waals surface area (Å²) in [5.74, 6) is 0.0261. The average molecular weight is 513 g/mol. The van der Waals surface area contributed by atoms with Crippen molar-refractivity contribution in [3.05, 3.63) is 101 Å². The van der Waals surface area contributed by atoms with Crippen LogP contribution in [0.1, 0.15) is 22.3 Å². The second-order valence-corrected chi connectivity index (χ2v) is 8.63. The quantitative estimate of drug-likeness (QED) is 0.247. The van der Waals surface area contributed by atoms with E-state index in [0.717, 1.165) is 21.6 Å². The molecule has 0 saturated carbocycles. The number of methoxy groups -OCH3 is 2. The molecule has 38 heavy (non-hydrogen) atoms. The van der Waals surface area contributed by atoms with Crippen molar-refractivity contribution in [2.45, 2.75) is 20.0 Å². The van der Waals surface area contributed by atoms with Crippen LogP contribution in [-0.2, 0) is 22.6 Å². The zero-order valence-corrected chi connectivity index (χ0v) is 21.4. The molecule has 0 bridgehead atoms. The first-order chi connectivity index (χ1) is 18.3. The number of allylic oxidation sites excluding steroid dienone is 1. The fraction of sp³-hybridized carbons (Fsp3) is 0.167. The van der Waals surface area contributed by atoms with E-state index in [-0.39, 0.29) is 5.57 Å². The zero-order valence-electron chi connectivity index (χ0n) is 21.4. The van der Waals surface area contributed by atoms with Gasteiger partial charge in [0, 0.05) is 5.56 Å². The number of barbiturate groups is 1. The molecule has 194 valence electrons. The van der Waals surface area contributed by atoms with Gasteiger partial charge in [0.25, 0.3) is 11.8 Å². The summed E-state index contributed by atoms with van der Waals surface area (Å²) in [6, 6.07) is 17.1. The molecule has 1 aliphatic rings. The Morgan fingerprint density at radius 2 is 1.66 bits per heavy atom. The highest BCUT2D eigenvalue weighted by Gasteiger charge is 2.37. The summed E-state index contributed by atoms with van der Waals surface area (Å²) < 4.78 is 16.9. The lowest BCUT2D eigenvalue weighted by Crippen LogP contribution is -2.54. The van der Waals surface area contributed by atoms with Gasteiger partial charge in [0.1, 0.15) is 17.9 Å². The van der Waals surface area contributed by atoms with Crippen LogP contribution in [-0.4, -0.2) is 32.1 Å². The molecule has 1 heterocycles. The molecule has 0 atom stereocenters. The highest BCUT2D eigenvalue weighted by atomic mass is 16.5. The molecule has 3 aromatic rings. The average Bonchev–Trinajstić information content (AvgIpc) is 2.91. The number of aryl methyl sites for hydroxylation is 1. The standard InChI is InChI=1S/C30H28N2O6/c1-5-6-22-15-21(17-26(37-4)27(22)38-18-20-9-7-19(2)8-10-20)16-25-28(33)31-30(35)32(29(25)34)23-11-13-24(36-3)14-12-23/h5,7-17H,1,6,18H2,2-4H3,(H,31,33,35)/b25-16+. The van der Waals surface area contributed by atoms with Crippen molar-refractivity contribution in [2.24, 2.45) is 0 Å². The SMILES string of the molecule is C=CCc1cc(/C=C2\C(=O)NC(=O)N(c3ccc(OC)cc3)C2=O)cc(OC)c1OCc1ccc(C)cc1. The topological polar surface area (TPSA) is 94.2 Å². The lowest BCUT2D eigenvalue weighted by atomic mass is 10.0. The van der Waals surface area contributed by atoms with Crippen LogP contribution >= 0.6 is 0 Å². The Kier molecular flexibility index (Phi) is 7.91. The van der Waals surface area contributed by atoms with Gasteiger partial charge in [-0.2, -0.15) is 0 Å². The number of ether oxygens (including phenoxy) is 3. The summed E-state index contributed by atoms with van der Waals surface area (Å²) in [7, 11) is 3.03. The van der Waals surface area contributed by atoms with E-state index in [1.165, 1.54) is 20.3 Å². The van der Waals surface area contributed by atoms with Gasteiger partial charge in [-0.1, -0.05) is 35.9 Å². The van der Waals surface area contributed by atoms with Crippen molar-refractivity contribution in [1.82, 2.24) is 5.32 Å². The fourth-order valence-corrected chi connectivity index (χ4v) is 4.02. The second-order valence-electron chi connectivity index (χ2n) is 8.63. The van der Waals surface area contributed by atoms with Gasteiger partial charge in [-0.3, -0.25) is 14.9 Å². The first-order valence-corrected chi connectivity index (χ1v) is 11.9. The van der Waals surface area contributed by atoms with Gasteiger partial charge in [-0.05, 0) is 66.9 Å². The Bertz CT molecular complexity index is 1410. The van der Waals surface area contributed by atoms with Crippen molar-refractivity contribution in [2.75, 3.05) is 19.1 Å². The van der Waals surface area contributed by atoms with E-state index in [1.807, 2.05) is 31.2 Å². The van der Waals surface area contributed by atoms with Crippen LogP contribution in [0.5, 0.6) is 17.2 Å². The summed E-state index contributed by atoms with van der Waals surface area (Å²) in [6.07, 6.45) is 3.62. The monoisotopic (exact) mass is 512 g/mol. The van der Waals surface area contributed by atoms with Gasteiger partial charge < -0.3 is 14.2 Å². The minimum atomic E-state index is -0.827. The van der Waals surface area contributed by atoms with Gasteiger partial charge in [-0.15, -0.1) is 6.58 Å². The molecule has 8 nitrogen and oxygen atoms in total. The van der Waals surface area contributed by atoms with Crippen molar-refractivity contribution in [3.8, 4) is 17.2 Å². The number of amides is 4. The predicted octanol–water partition coefficient (Wildman–Crippen LogP) is 4.99.